The molecular formula is C27H24O6. The van der Waals surface area contributed by atoms with Gasteiger partial charge in [-0.25, -0.2) is 0 Å². The Hall–Kier alpha value is -4.32. The number of hydrogen-bond acceptors (Lipinski definition) is 6. The molecule has 0 unspecified atom stereocenters. The van der Waals surface area contributed by atoms with Crippen molar-refractivity contribution >= 4 is 0 Å². The molecule has 33 heavy (non-hydrogen) atoms. The van der Waals surface area contributed by atoms with Gasteiger partial charge >= 0.3 is 0 Å². The molecule has 0 heterocycles. The maximum atomic E-state index is 10.4. The Bertz CT molecular complexity index is 1180. The van der Waals surface area contributed by atoms with Gasteiger partial charge in [0.1, 0.15) is 34.5 Å². The molecule has 0 radical (unpaired) electrons. The van der Waals surface area contributed by atoms with Gasteiger partial charge in [-0.1, -0.05) is 24.3 Å². The molecule has 0 aliphatic carbocycles. The Balaban J connectivity index is 1.62. The largest absolute Gasteiger partial charge is 0.508 e. The minimum atomic E-state index is -0.102. The second-order valence-corrected chi connectivity index (χ2v) is 8.08. The van der Waals surface area contributed by atoms with Crippen molar-refractivity contribution in [2.75, 3.05) is 0 Å². The van der Waals surface area contributed by atoms with Crippen molar-refractivity contribution in [3.05, 3.63) is 106 Å². The van der Waals surface area contributed by atoms with E-state index >= 15 is 0 Å². The predicted molar refractivity (Wildman–Crippen MR) is 124 cm³/mol. The van der Waals surface area contributed by atoms with Crippen LogP contribution in [-0.4, -0.2) is 30.6 Å². The zero-order valence-electron chi connectivity index (χ0n) is 17.7. The van der Waals surface area contributed by atoms with E-state index in [-0.39, 0.29) is 40.9 Å². The summed E-state index contributed by atoms with van der Waals surface area (Å²) in [6.45, 7) is 0. The molecule has 0 aliphatic rings. The van der Waals surface area contributed by atoms with Crippen molar-refractivity contribution in [3.63, 3.8) is 0 Å². The van der Waals surface area contributed by atoms with E-state index in [1.165, 1.54) is 12.1 Å². The molecule has 0 spiro atoms. The highest BCUT2D eigenvalue weighted by molar-refractivity contribution is 5.53. The number of aromatic hydroxyl groups is 6. The molecule has 0 saturated carbocycles. The van der Waals surface area contributed by atoms with Gasteiger partial charge < -0.3 is 30.6 Å². The molecule has 6 heteroatoms. The fourth-order valence-electron chi connectivity index (χ4n) is 3.79. The van der Waals surface area contributed by atoms with Crippen LogP contribution in [0, 0.1) is 0 Å². The van der Waals surface area contributed by atoms with Crippen LogP contribution in [0.2, 0.25) is 0 Å². The Kier molecular flexibility index (Phi) is 6.00. The third-order valence-electron chi connectivity index (χ3n) is 5.60. The summed E-state index contributed by atoms with van der Waals surface area (Å²) in [6, 6.07) is 19.2. The monoisotopic (exact) mass is 444 g/mol. The summed E-state index contributed by atoms with van der Waals surface area (Å²) >= 11 is 0. The number of phenolic OH excluding ortho intramolecular Hbond substituents is 6. The lowest BCUT2D eigenvalue weighted by molar-refractivity contribution is 0.439. The standard InChI is InChI=1S/C27H24O6/c28-22-5-1-16(2-6-22)9-18-11-20(26(32)14-24(18)30)13-21-12-19(25(31)15-27(21)33)10-17-3-7-23(29)8-4-17/h1-8,11-12,14-15,28-33H,9-10,13H2. The Morgan fingerprint density at radius 2 is 0.667 bits per heavy atom. The first-order valence-electron chi connectivity index (χ1n) is 10.4. The van der Waals surface area contributed by atoms with Crippen LogP contribution < -0.4 is 0 Å². The third kappa shape index (κ3) is 5.13. The third-order valence-corrected chi connectivity index (χ3v) is 5.60. The van der Waals surface area contributed by atoms with E-state index in [1.807, 2.05) is 0 Å². The zero-order valence-corrected chi connectivity index (χ0v) is 17.7. The minimum absolute atomic E-state index is 0.0488. The molecule has 4 aromatic rings. The molecule has 0 saturated heterocycles. The maximum absolute atomic E-state index is 10.4. The maximum Gasteiger partial charge on any atom is 0.122 e. The highest BCUT2D eigenvalue weighted by Gasteiger charge is 2.15. The molecule has 168 valence electrons. The topological polar surface area (TPSA) is 121 Å². The Labute approximate surface area is 190 Å². The van der Waals surface area contributed by atoms with Gasteiger partial charge in [0.15, 0.2) is 0 Å². The molecule has 0 amide bonds. The number of benzene rings is 4. The fraction of sp³-hybridized carbons (Fsp3) is 0.111. The van der Waals surface area contributed by atoms with Gasteiger partial charge in [0.25, 0.3) is 0 Å². The first-order valence-corrected chi connectivity index (χ1v) is 10.4. The molecule has 0 aliphatic heterocycles. The van der Waals surface area contributed by atoms with Crippen molar-refractivity contribution in [3.8, 4) is 34.5 Å². The van der Waals surface area contributed by atoms with Crippen LogP contribution >= 0.6 is 0 Å². The normalized spacial score (nSPS) is 10.9. The highest BCUT2D eigenvalue weighted by Crippen LogP contribution is 2.35. The van der Waals surface area contributed by atoms with Crippen molar-refractivity contribution in [2.45, 2.75) is 19.3 Å². The smallest absolute Gasteiger partial charge is 0.122 e. The predicted octanol–water partition coefficient (Wildman–Crippen LogP) is 4.69. The van der Waals surface area contributed by atoms with E-state index in [4.69, 9.17) is 0 Å². The van der Waals surface area contributed by atoms with Crippen molar-refractivity contribution in [1.82, 2.24) is 0 Å². The lowest BCUT2D eigenvalue weighted by Crippen LogP contribution is -1.97. The summed E-state index contributed by atoms with van der Waals surface area (Å²) in [4.78, 5) is 0. The molecule has 6 N–H and O–H groups in total. The van der Waals surface area contributed by atoms with Gasteiger partial charge in [0.2, 0.25) is 0 Å². The average molecular weight is 444 g/mol. The second-order valence-electron chi connectivity index (χ2n) is 8.08. The molecule has 6 nitrogen and oxygen atoms in total. The average Bonchev–Trinajstić information content (AvgIpc) is 2.77. The van der Waals surface area contributed by atoms with Crippen LogP contribution in [-0.2, 0) is 19.3 Å². The summed E-state index contributed by atoms with van der Waals surface area (Å²) in [5.41, 5.74) is 3.97. The van der Waals surface area contributed by atoms with Gasteiger partial charge in [-0.05, 0) is 69.8 Å². The number of rotatable bonds is 6. The van der Waals surface area contributed by atoms with E-state index in [1.54, 1.807) is 60.7 Å². The van der Waals surface area contributed by atoms with Crippen LogP contribution in [0.15, 0.2) is 72.8 Å². The highest BCUT2D eigenvalue weighted by atomic mass is 16.3. The van der Waals surface area contributed by atoms with E-state index in [0.29, 0.717) is 35.1 Å². The van der Waals surface area contributed by atoms with Gasteiger partial charge in [-0.2, -0.15) is 0 Å². The number of phenols is 6. The quantitative estimate of drug-likeness (QED) is 0.257. The van der Waals surface area contributed by atoms with Gasteiger partial charge in [-0.15, -0.1) is 0 Å². The Morgan fingerprint density at radius 3 is 1.00 bits per heavy atom. The van der Waals surface area contributed by atoms with Crippen LogP contribution in [0.3, 0.4) is 0 Å². The molecule has 4 rings (SSSR count). The summed E-state index contributed by atoms with van der Waals surface area (Å²) in [6.07, 6.45) is 0.976. The van der Waals surface area contributed by atoms with Crippen LogP contribution in [0.25, 0.3) is 0 Å². The summed E-state index contributed by atoms with van der Waals surface area (Å²) in [7, 11) is 0. The summed E-state index contributed by atoms with van der Waals surface area (Å²) in [5.74, 6) is 0.00383. The molecule has 4 aromatic carbocycles. The molecular weight excluding hydrogens is 420 g/mol. The van der Waals surface area contributed by atoms with Crippen molar-refractivity contribution in [1.29, 1.82) is 0 Å². The second kappa shape index (κ2) is 9.04. The molecule has 0 aromatic heterocycles. The van der Waals surface area contributed by atoms with Crippen molar-refractivity contribution < 1.29 is 30.6 Å². The first kappa shape index (κ1) is 21.9. The van der Waals surface area contributed by atoms with E-state index in [9.17, 15) is 30.6 Å². The van der Waals surface area contributed by atoms with E-state index < -0.39 is 0 Å². The lowest BCUT2D eigenvalue weighted by atomic mass is 9.95. The van der Waals surface area contributed by atoms with Crippen LogP contribution in [0.4, 0.5) is 0 Å². The van der Waals surface area contributed by atoms with Gasteiger partial charge in [0.05, 0.1) is 0 Å². The number of hydrogen-bond donors (Lipinski definition) is 6. The van der Waals surface area contributed by atoms with Gasteiger partial charge in [0, 0.05) is 31.4 Å². The molecule has 0 fully saturated rings. The summed E-state index contributed by atoms with van der Waals surface area (Å²) in [5, 5.41) is 60.3. The molecule has 0 atom stereocenters. The lowest BCUT2D eigenvalue weighted by Gasteiger charge is -2.14. The Morgan fingerprint density at radius 1 is 0.364 bits per heavy atom. The van der Waals surface area contributed by atoms with E-state index in [2.05, 4.69) is 0 Å². The van der Waals surface area contributed by atoms with Gasteiger partial charge in [-0.3, -0.25) is 0 Å². The fourth-order valence-corrected chi connectivity index (χ4v) is 3.79. The summed E-state index contributed by atoms with van der Waals surface area (Å²) < 4.78 is 0. The van der Waals surface area contributed by atoms with Crippen LogP contribution in [0.5, 0.6) is 34.5 Å². The van der Waals surface area contributed by atoms with Crippen LogP contribution in [0.1, 0.15) is 33.4 Å². The minimum Gasteiger partial charge on any atom is -0.508 e. The first-order chi connectivity index (χ1) is 15.8. The zero-order chi connectivity index (χ0) is 23.5. The van der Waals surface area contributed by atoms with Crippen molar-refractivity contribution in [2.24, 2.45) is 0 Å². The molecule has 0 bridgehead atoms. The van der Waals surface area contributed by atoms with E-state index in [0.717, 1.165) is 11.1 Å². The SMILES string of the molecule is Oc1ccc(Cc2cc(Cc3cc(Cc4ccc(O)cc4)c(O)cc3O)c(O)cc2O)cc1.